The van der Waals surface area contributed by atoms with Crippen LogP contribution in [0.1, 0.15) is 33.0 Å². The molecular formula is C29H22FNO3S. The Bertz CT molecular complexity index is 1360. The predicted octanol–water partition coefficient (Wildman–Crippen LogP) is 6.83. The molecular weight excluding hydrogens is 461 g/mol. The summed E-state index contributed by atoms with van der Waals surface area (Å²) in [4.78, 5) is 25.4. The van der Waals surface area contributed by atoms with Crippen molar-refractivity contribution in [2.75, 3.05) is 6.61 Å². The first-order valence-corrected chi connectivity index (χ1v) is 12.0. The third kappa shape index (κ3) is 4.84. The Kier molecular flexibility index (Phi) is 6.64. The van der Waals surface area contributed by atoms with Crippen molar-refractivity contribution < 1.29 is 18.7 Å². The number of nitrogens with one attached hydrogen (secondary N) is 1. The van der Waals surface area contributed by atoms with Gasteiger partial charge in [-0.1, -0.05) is 78.5 Å². The van der Waals surface area contributed by atoms with Gasteiger partial charge in [-0.3, -0.25) is 4.79 Å². The highest BCUT2D eigenvalue weighted by molar-refractivity contribution is 7.99. The second-order valence-corrected chi connectivity index (χ2v) is 9.27. The molecule has 0 aromatic heterocycles. The maximum absolute atomic E-state index is 14.0. The first-order valence-electron chi connectivity index (χ1n) is 11.2. The second-order valence-electron chi connectivity index (χ2n) is 8.19. The van der Waals surface area contributed by atoms with E-state index >= 15 is 0 Å². The van der Waals surface area contributed by atoms with E-state index in [0.29, 0.717) is 11.1 Å². The lowest BCUT2D eigenvalue weighted by molar-refractivity contribution is 0.112. The molecule has 4 aromatic rings. The van der Waals surface area contributed by atoms with E-state index < -0.39 is 11.9 Å². The van der Waals surface area contributed by atoms with E-state index in [4.69, 9.17) is 4.74 Å². The number of aldehydes is 1. The quantitative estimate of drug-likeness (QED) is 0.293. The first kappa shape index (κ1) is 22.9. The Hall–Kier alpha value is -3.90. The molecule has 0 unspecified atom stereocenters. The summed E-state index contributed by atoms with van der Waals surface area (Å²) in [6.07, 6.45) is 0.223. The SMILES string of the molecule is O=Cc1ccccc1Sc1ccc(F)cc1CNC(=O)OCC1c2ccccc2-c2ccccc21. The van der Waals surface area contributed by atoms with Crippen LogP contribution in [0, 0.1) is 5.82 Å². The van der Waals surface area contributed by atoms with Crippen LogP contribution in [0.5, 0.6) is 0 Å². The molecule has 4 nitrogen and oxygen atoms in total. The number of hydrogen-bond donors (Lipinski definition) is 1. The normalized spacial score (nSPS) is 12.0. The van der Waals surface area contributed by atoms with Gasteiger partial charge in [0.15, 0.2) is 6.29 Å². The molecule has 0 saturated heterocycles. The fraction of sp³-hybridized carbons (Fsp3) is 0.103. The molecule has 0 aliphatic heterocycles. The smallest absolute Gasteiger partial charge is 0.407 e. The molecule has 0 radical (unpaired) electrons. The maximum Gasteiger partial charge on any atom is 0.407 e. The Morgan fingerprint density at radius 1 is 0.886 bits per heavy atom. The summed E-state index contributed by atoms with van der Waals surface area (Å²) in [5.74, 6) is -0.435. The molecule has 1 aliphatic rings. The summed E-state index contributed by atoms with van der Waals surface area (Å²) in [5.41, 5.74) is 5.75. The van der Waals surface area contributed by atoms with Crippen molar-refractivity contribution in [1.29, 1.82) is 0 Å². The molecule has 0 bridgehead atoms. The third-order valence-electron chi connectivity index (χ3n) is 6.06. The van der Waals surface area contributed by atoms with Crippen molar-refractivity contribution >= 4 is 24.1 Å². The van der Waals surface area contributed by atoms with Crippen LogP contribution in [0.4, 0.5) is 9.18 Å². The zero-order valence-electron chi connectivity index (χ0n) is 18.7. The van der Waals surface area contributed by atoms with Gasteiger partial charge in [-0.15, -0.1) is 0 Å². The van der Waals surface area contributed by atoms with Crippen molar-refractivity contribution in [2.45, 2.75) is 22.3 Å². The van der Waals surface area contributed by atoms with Gasteiger partial charge in [-0.2, -0.15) is 0 Å². The highest BCUT2D eigenvalue weighted by Crippen LogP contribution is 2.44. The van der Waals surface area contributed by atoms with Gasteiger partial charge in [-0.05, 0) is 52.1 Å². The summed E-state index contributed by atoms with van der Waals surface area (Å²) < 4.78 is 19.6. The van der Waals surface area contributed by atoms with Gasteiger partial charge in [0.1, 0.15) is 12.4 Å². The lowest BCUT2D eigenvalue weighted by Crippen LogP contribution is -2.26. The molecule has 174 valence electrons. The van der Waals surface area contributed by atoms with Gasteiger partial charge in [0.05, 0.1) is 0 Å². The van der Waals surface area contributed by atoms with Gasteiger partial charge >= 0.3 is 6.09 Å². The molecule has 4 aromatic carbocycles. The second kappa shape index (κ2) is 10.2. The molecule has 6 heteroatoms. The van der Waals surface area contributed by atoms with Crippen LogP contribution in [-0.4, -0.2) is 19.0 Å². The van der Waals surface area contributed by atoms with E-state index in [9.17, 15) is 14.0 Å². The number of benzene rings is 4. The van der Waals surface area contributed by atoms with E-state index in [2.05, 4.69) is 29.6 Å². The summed E-state index contributed by atoms with van der Waals surface area (Å²) in [6.45, 7) is 0.303. The number of ether oxygens (including phenoxy) is 1. The maximum atomic E-state index is 14.0. The number of rotatable bonds is 7. The zero-order chi connectivity index (χ0) is 24.2. The number of carbonyl (C=O) groups excluding carboxylic acids is 2. The van der Waals surface area contributed by atoms with Crippen molar-refractivity contribution in [3.63, 3.8) is 0 Å². The number of fused-ring (bicyclic) bond motifs is 3. The Morgan fingerprint density at radius 2 is 1.54 bits per heavy atom. The number of halogens is 1. The van der Waals surface area contributed by atoms with Crippen LogP contribution in [0.25, 0.3) is 11.1 Å². The van der Waals surface area contributed by atoms with Gasteiger partial charge < -0.3 is 10.1 Å². The van der Waals surface area contributed by atoms with Crippen LogP contribution in [0.15, 0.2) is 101 Å². The van der Waals surface area contributed by atoms with E-state index in [1.807, 2.05) is 36.4 Å². The standard InChI is InChI=1S/C29H22FNO3S/c30-21-13-14-28(35-27-12-6-1-7-19(27)17-32)20(15-21)16-31-29(33)34-18-26-24-10-4-2-8-22(24)23-9-3-5-11-25(23)26/h1-15,17,26H,16,18H2,(H,31,33). The number of hydrogen-bond acceptors (Lipinski definition) is 4. The van der Waals surface area contributed by atoms with Crippen molar-refractivity contribution in [2.24, 2.45) is 0 Å². The van der Waals surface area contributed by atoms with E-state index in [1.54, 1.807) is 18.2 Å². The lowest BCUT2D eigenvalue weighted by Gasteiger charge is -2.15. The van der Waals surface area contributed by atoms with Crippen LogP contribution in [0.3, 0.4) is 0 Å². The monoisotopic (exact) mass is 483 g/mol. The molecule has 1 amide bonds. The van der Waals surface area contributed by atoms with Crippen LogP contribution >= 0.6 is 11.8 Å². The molecule has 0 atom stereocenters. The fourth-order valence-corrected chi connectivity index (χ4v) is 5.41. The molecule has 0 saturated carbocycles. The molecule has 0 heterocycles. The van der Waals surface area contributed by atoms with Crippen LogP contribution in [-0.2, 0) is 11.3 Å². The van der Waals surface area contributed by atoms with Gasteiger partial charge in [0.25, 0.3) is 0 Å². The number of carbonyl (C=O) groups is 2. The van der Waals surface area contributed by atoms with Crippen LogP contribution in [0.2, 0.25) is 0 Å². The number of alkyl carbamates (subject to hydrolysis) is 1. The van der Waals surface area contributed by atoms with Gasteiger partial charge in [-0.25, -0.2) is 9.18 Å². The largest absolute Gasteiger partial charge is 0.449 e. The van der Waals surface area contributed by atoms with Gasteiger partial charge in [0, 0.05) is 27.8 Å². The van der Waals surface area contributed by atoms with E-state index in [-0.39, 0.29) is 19.1 Å². The average Bonchev–Trinajstić information content (AvgIpc) is 3.21. The van der Waals surface area contributed by atoms with E-state index in [0.717, 1.165) is 38.3 Å². The molecule has 1 aliphatic carbocycles. The molecule has 5 rings (SSSR count). The topological polar surface area (TPSA) is 55.4 Å². The van der Waals surface area contributed by atoms with Crippen LogP contribution < -0.4 is 5.32 Å². The summed E-state index contributed by atoms with van der Waals surface area (Å²) in [6, 6.07) is 27.9. The molecule has 0 fully saturated rings. The minimum atomic E-state index is -0.569. The Labute approximate surface area is 207 Å². The van der Waals surface area contributed by atoms with Crippen molar-refractivity contribution in [3.8, 4) is 11.1 Å². The highest BCUT2D eigenvalue weighted by Gasteiger charge is 2.29. The predicted molar refractivity (Wildman–Crippen MR) is 134 cm³/mol. The van der Waals surface area contributed by atoms with Gasteiger partial charge in [0.2, 0.25) is 0 Å². The average molecular weight is 484 g/mol. The summed E-state index contributed by atoms with van der Waals surface area (Å²) in [7, 11) is 0. The zero-order valence-corrected chi connectivity index (χ0v) is 19.6. The third-order valence-corrected chi connectivity index (χ3v) is 7.27. The minimum Gasteiger partial charge on any atom is -0.449 e. The fourth-order valence-electron chi connectivity index (χ4n) is 4.39. The Balaban J connectivity index is 1.26. The Morgan fingerprint density at radius 3 is 2.26 bits per heavy atom. The minimum absolute atomic E-state index is 0.0340. The number of amides is 1. The molecule has 1 N–H and O–H groups in total. The highest BCUT2D eigenvalue weighted by atomic mass is 32.2. The lowest BCUT2D eigenvalue weighted by atomic mass is 9.98. The summed E-state index contributed by atoms with van der Waals surface area (Å²) >= 11 is 1.35. The summed E-state index contributed by atoms with van der Waals surface area (Å²) in [5, 5.41) is 2.74. The molecule has 35 heavy (non-hydrogen) atoms. The van der Waals surface area contributed by atoms with Crippen molar-refractivity contribution in [3.05, 3.63) is 119 Å². The van der Waals surface area contributed by atoms with E-state index in [1.165, 1.54) is 23.9 Å². The molecule has 0 spiro atoms. The van der Waals surface area contributed by atoms with Crippen molar-refractivity contribution in [1.82, 2.24) is 5.32 Å². The first-order chi connectivity index (χ1) is 17.1.